The van der Waals surface area contributed by atoms with Crippen molar-refractivity contribution in [3.63, 3.8) is 0 Å². The molecule has 78 valence electrons. The minimum absolute atomic E-state index is 0.0550. The minimum Gasteiger partial charge on any atom is -0.328 e. The summed E-state index contributed by atoms with van der Waals surface area (Å²) in [4.78, 5) is 15.0. The van der Waals surface area contributed by atoms with Crippen LogP contribution in [0.3, 0.4) is 0 Å². The van der Waals surface area contributed by atoms with Crippen molar-refractivity contribution in [2.24, 2.45) is 0 Å². The van der Waals surface area contributed by atoms with Crippen LogP contribution in [-0.4, -0.2) is 55.1 Å². The number of nitriles is 1. The van der Waals surface area contributed by atoms with Gasteiger partial charge >= 0.3 is 6.03 Å². The molecule has 0 bridgehead atoms. The summed E-state index contributed by atoms with van der Waals surface area (Å²) in [5.74, 6) is 0. The maximum absolute atomic E-state index is 11.8. The highest BCUT2D eigenvalue weighted by molar-refractivity contribution is 5.75. The van der Waals surface area contributed by atoms with E-state index < -0.39 is 0 Å². The Bertz CT molecular complexity index is 248. The fourth-order valence-electron chi connectivity index (χ4n) is 1.40. The van der Waals surface area contributed by atoms with Gasteiger partial charge in [0.05, 0.1) is 6.07 Å². The van der Waals surface area contributed by atoms with Crippen molar-refractivity contribution in [2.75, 3.05) is 33.2 Å². The van der Waals surface area contributed by atoms with E-state index in [4.69, 9.17) is 5.26 Å². The molecule has 1 fully saturated rings. The highest BCUT2D eigenvalue weighted by Crippen LogP contribution is 2.05. The zero-order valence-corrected chi connectivity index (χ0v) is 8.66. The standard InChI is InChI=1S/C9H16N4O/c1-3-12(2)9(14)13-5-4-11-7-8(13)6-10/h8,11H,3-5,7H2,1-2H3. The van der Waals surface area contributed by atoms with Crippen LogP contribution in [0.5, 0.6) is 0 Å². The minimum atomic E-state index is -0.328. The van der Waals surface area contributed by atoms with E-state index in [0.717, 1.165) is 6.54 Å². The molecule has 5 heteroatoms. The number of carbonyl (C=O) groups excluding carboxylic acids is 1. The van der Waals surface area contributed by atoms with Gasteiger partial charge in [-0.15, -0.1) is 0 Å². The van der Waals surface area contributed by atoms with Crippen LogP contribution in [0.2, 0.25) is 0 Å². The lowest BCUT2D eigenvalue weighted by molar-refractivity contribution is 0.144. The Morgan fingerprint density at radius 3 is 3.07 bits per heavy atom. The molecule has 0 spiro atoms. The van der Waals surface area contributed by atoms with E-state index in [1.54, 1.807) is 16.8 Å². The SMILES string of the molecule is CCN(C)C(=O)N1CCNCC1C#N. The van der Waals surface area contributed by atoms with Gasteiger partial charge in [0, 0.05) is 33.2 Å². The lowest BCUT2D eigenvalue weighted by Gasteiger charge is -2.34. The predicted octanol–water partition coefficient (Wildman–Crippen LogP) is -0.145. The zero-order chi connectivity index (χ0) is 10.6. The highest BCUT2D eigenvalue weighted by atomic mass is 16.2. The van der Waals surface area contributed by atoms with Crippen molar-refractivity contribution in [1.29, 1.82) is 5.26 Å². The predicted molar refractivity (Wildman–Crippen MR) is 52.7 cm³/mol. The topological polar surface area (TPSA) is 59.4 Å². The van der Waals surface area contributed by atoms with Gasteiger partial charge < -0.3 is 15.1 Å². The molecule has 1 aliphatic heterocycles. The Kier molecular flexibility index (Phi) is 3.72. The van der Waals surface area contributed by atoms with Crippen molar-refractivity contribution in [3.05, 3.63) is 0 Å². The Labute approximate surface area is 84.3 Å². The van der Waals surface area contributed by atoms with Gasteiger partial charge in [0.25, 0.3) is 0 Å². The van der Waals surface area contributed by atoms with E-state index in [2.05, 4.69) is 11.4 Å². The number of nitrogens with one attached hydrogen (secondary N) is 1. The normalized spacial score (nSPS) is 21.5. The fraction of sp³-hybridized carbons (Fsp3) is 0.778. The van der Waals surface area contributed by atoms with E-state index in [9.17, 15) is 4.79 Å². The van der Waals surface area contributed by atoms with Crippen LogP contribution < -0.4 is 5.32 Å². The molecule has 0 radical (unpaired) electrons. The largest absolute Gasteiger partial charge is 0.328 e. The van der Waals surface area contributed by atoms with E-state index in [1.807, 2.05) is 6.92 Å². The first-order valence-corrected chi connectivity index (χ1v) is 4.82. The third kappa shape index (κ3) is 2.15. The maximum atomic E-state index is 11.8. The molecule has 1 aliphatic rings. The van der Waals surface area contributed by atoms with E-state index >= 15 is 0 Å². The number of rotatable bonds is 1. The number of urea groups is 1. The summed E-state index contributed by atoms with van der Waals surface area (Å²) in [6, 6.07) is 1.75. The zero-order valence-electron chi connectivity index (χ0n) is 8.66. The third-order valence-electron chi connectivity index (χ3n) is 2.44. The average Bonchev–Trinajstić information content (AvgIpc) is 2.26. The second-order valence-corrected chi connectivity index (χ2v) is 3.34. The van der Waals surface area contributed by atoms with E-state index in [0.29, 0.717) is 19.6 Å². The quantitative estimate of drug-likeness (QED) is 0.634. The van der Waals surface area contributed by atoms with Crippen molar-refractivity contribution < 1.29 is 4.79 Å². The fourth-order valence-corrected chi connectivity index (χ4v) is 1.40. The Balaban J connectivity index is 2.64. The molecule has 5 nitrogen and oxygen atoms in total. The molecule has 1 heterocycles. The summed E-state index contributed by atoms with van der Waals surface area (Å²) in [5, 5.41) is 12.0. The van der Waals surface area contributed by atoms with Crippen molar-refractivity contribution >= 4 is 6.03 Å². The first kappa shape index (κ1) is 10.8. The summed E-state index contributed by atoms with van der Waals surface area (Å²) >= 11 is 0. The summed E-state index contributed by atoms with van der Waals surface area (Å²) in [6.45, 7) is 4.53. The van der Waals surface area contributed by atoms with Crippen LogP contribution in [0.25, 0.3) is 0 Å². The maximum Gasteiger partial charge on any atom is 0.320 e. The number of hydrogen-bond acceptors (Lipinski definition) is 3. The molecule has 0 aliphatic carbocycles. The van der Waals surface area contributed by atoms with Crippen molar-refractivity contribution in [3.8, 4) is 6.07 Å². The van der Waals surface area contributed by atoms with Crippen LogP contribution in [0.15, 0.2) is 0 Å². The average molecular weight is 196 g/mol. The number of hydrogen-bond donors (Lipinski definition) is 1. The molecular formula is C9H16N4O. The molecule has 2 amide bonds. The first-order chi connectivity index (χ1) is 6.70. The molecule has 0 aromatic heterocycles. The van der Waals surface area contributed by atoms with Crippen LogP contribution in [0.4, 0.5) is 4.79 Å². The van der Waals surface area contributed by atoms with Crippen LogP contribution >= 0.6 is 0 Å². The number of nitrogens with zero attached hydrogens (tertiary/aromatic N) is 3. The van der Waals surface area contributed by atoms with Gasteiger partial charge in [0.15, 0.2) is 0 Å². The van der Waals surface area contributed by atoms with Crippen molar-refractivity contribution in [1.82, 2.24) is 15.1 Å². The molecule has 1 saturated heterocycles. The summed E-state index contributed by atoms with van der Waals surface area (Å²) in [6.07, 6.45) is 0. The molecule has 1 N–H and O–H groups in total. The van der Waals surface area contributed by atoms with Gasteiger partial charge in [-0.2, -0.15) is 5.26 Å². The van der Waals surface area contributed by atoms with Crippen LogP contribution in [0.1, 0.15) is 6.92 Å². The van der Waals surface area contributed by atoms with Crippen LogP contribution in [-0.2, 0) is 0 Å². The molecule has 1 atom stereocenters. The lowest BCUT2D eigenvalue weighted by Crippen LogP contribution is -2.56. The summed E-state index contributed by atoms with van der Waals surface area (Å²) in [7, 11) is 1.75. The lowest BCUT2D eigenvalue weighted by atomic mass is 10.2. The molecule has 0 aromatic carbocycles. The smallest absolute Gasteiger partial charge is 0.320 e. The van der Waals surface area contributed by atoms with E-state index in [1.165, 1.54) is 0 Å². The van der Waals surface area contributed by atoms with Gasteiger partial charge in [-0.3, -0.25) is 0 Å². The molecule has 0 saturated carbocycles. The number of piperazine rings is 1. The molecule has 14 heavy (non-hydrogen) atoms. The highest BCUT2D eigenvalue weighted by Gasteiger charge is 2.27. The Hall–Kier alpha value is -1.28. The molecule has 1 rings (SSSR count). The van der Waals surface area contributed by atoms with Gasteiger partial charge in [-0.1, -0.05) is 0 Å². The first-order valence-electron chi connectivity index (χ1n) is 4.82. The van der Waals surface area contributed by atoms with Gasteiger partial charge in [0.1, 0.15) is 6.04 Å². The molecule has 1 unspecified atom stereocenters. The summed E-state index contributed by atoms with van der Waals surface area (Å²) in [5.41, 5.74) is 0. The second kappa shape index (κ2) is 4.82. The third-order valence-corrected chi connectivity index (χ3v) is 2.44. The Morgan fingerprint density at radius 2 is 2.50 bits per heavy atom. The van der Waals surface area contributed by atoms with Crippen LogP contribution in [0, 0.1) is 11.3 Å². The number of amides is 2. The second-order valence-electron chi connectivity index (χ2n) is 3.34. The monoisotopic (exact) mass is 196 g/mol. The van der Waals surface area contributed by atoms with Gasteiger partial charge in [-0.25, -0.2) is 4.79 Å². The van der Waals surface area contributed by atoms with Crippen molar-refractivity contribution in [2.45, 2.75) is 13.0 Å². The molecule has 0 aromatic rings. The van der Waals surface area contributed by atoms with E-state index in [-0.39, 0.29) is 12.1 Å². The molecular weight excluding hydrogens is 180 g/mol. The van der Waals surface area contributed by atoms with Gasteiger partial charge in [-0.05, 0) is 6.92 Å². The van der Waals surface area contributed by atoms with Gasteiger partial charge in [0.2, 0.25) is 0 Å². The number of carbonyl (C=O) groups is 1. The summed E-state index contributed by atoms with van der Waals surface area (Å²) < 4.78 is 0. The Morgan fingerprint density at radius 1 is 1.79 bits per heavy atom.